The van der Waals surface area contributed by atoms with Crippen LogP contribution in [0.25, 0.3) is 0 Å². The van der Waals surface area contributed by atoms with Crippen molar-refractivity contribution < 1.29 is 14.3 Å². The van der Waals surface area contributed by atoms with Gasteiger partial charge in [-0.3, -0.25) is 9.59 Å². The molecule has 1 N–H and O–H groups in total. The molecule has 0 fully saturated rings. The van der Waals surface area contributed by atoms with Crippen molar-refractivity contribution in [3.63, 3.8) is 0 Å². The van der Waals surface area contributed by atoms with Crippen LogP contribution in [0.2, 0.25) is 5.02 Å². The number of ether oxygens (including phenoxy) is 1. The Hall–Kier alpha value is -2.33. The number of hydrogen-bond acceptors (Lipinski definition) is 3. The predicted molar refractivity (Wildman–Crippen MR) is 91.4 cm³/mol. The lowest BCUT2D eigenvalue weighted by Gasteiger charge is -2.09. The van der Waals surface area contributed by atoms with Gasteiger partial charge in [0.1, 0.15) is 5.75 Å². The highest BCUT2D eigenvalue weighted by molar-refractivity contribution is 6.32. The van der Waals surface area contributed by atoms with Gasteiger partial charge in [0.15, 0.2) is 12.4 Å². The molecule has 0 saturated heterocycles. The number of nitrogens with one attached hydrogen (secondary N) is 1. The summed E-state index contributed by atoms with van der Waals surface area (Å²) in [7, 11) is 0. The maximum atomic E-state index is 12.1. The normalized spacial score (nSPS) is 10.2. The molecular weight excluding hydrogens is 314 g/mol. The lowest BCUT2D eigenvalue weighted by molar-refractivity contribution is -0.115. The zero-order valence-electron chi connectivity index (χ0n) is 13.1. The van der Waals surface area contributed by atoms with Gasteiger partial charge in [0.25, 0.3) is 0 Å². The van der Waals surface area contributed by atoms with Crippen molar-refractivity contribution in [2.24, 2.45) is 0 Å². The van der Waals surface area contributed by atoms with E-state index >= 15 is 0 Å². The molecule has 0 unspecified atom stereocenters. The number of carbonyl (C=O) groups excluding carboxylic acids is 2. The molecule has 23 heavy (non-hydrogen) atoms. The first-order valence-electron chi connectivity index (χ1n) is 7.31. The van der Waals surface area contributed by atoms with Crippen LogP contribution in [0, 0.1) is 6.92 Å². The van der Waals surface area contributed by atoms with Crippen LogP contribution in [-0.4, -0.2) is 18.3 Å². The van der Waals surface area contributed by atoms with E-state index in [-0.39, 0.29) is 18.3 Å². The van der Waals surface area contributed by atoms with Gasteiger partial charge in [0, 0.05) is 17.7 Å². The van der Waals surface area contributed by atoms with Gasteiger partial charge >= 0.3 is 0 Å². The van der Waals surface area contributed by atoms with Crippen molar-refractivity contribution in [2.45, 2.75) is 20.3 Å². The third kappa shape index (κ3) is 4.83. The molecule has 0 aliphatic carbocycles. The van der Waals surface area contributed by atoms with Crippen molar-refractivity contribution in [1.29, 1.82) is 0 Å². The number of aryl methyl sites for hydroxylation is 1. The van der Waals surface area contributed by atoms with E-state index in [1.165, 1.54) is 0 Å². The van der Waals surface area contributed by atoms with E-state index in [2.05, 4.69) is 5.32 Å². The summed E-state index contributed by atoms with van der Waals surface area (Å²) in [5, 5.41) is 3.20. The summed E-state index contributed by atoms with van der Waals surface area (Å²) in [6.45, 7) is 3.61. The van der Waals surface area contributed by atoms with Crippen LogP contribution in [0.5, 0.6) is 5.75 Å². The first-order chi connectivity index (χ1) is 11.0. The van der Waals surface area contributed by atoms with Crippen molar-refractivity contribution in [3.8, 4) is 5.75 Å². The highest BCUT2D eigenvalue weighted by Crippen LogP contribution is 2.25. The summed E-state index contributed by atoms with van der Waals surface area (Å²) in [5.74, 6) is 0.268. The highest BCUT2D eigenvalue weighted by Gasteiger charge is 2.09. The topological polar surface area (TPSA) is 55.4 Å². The first-order valence-corrected chi connectivity index (χ1v) is 7.69. The van der Waals surface area contributed by atoms with Crippen LogP contribution in [0.4, 0.5) is 5.69 Å². The predicted octanol–water partition coefficient (Wildman–Crippen LogP) is 4.26. The lowest BCUT2D eigenvalue weighted by Crippen LogP contribution is -2.13. The Kier molecular flexibility index (Phi) is 5.77. The number of amides is 1. The average molecular weight is 332 g/mol. The molecule has 1 amide bonds. The van der Waals surface area contributed by atoms with E-state index in [9.17, 15) is 9.59 Å². The Morgan fingerprint density at radius 1 is 1.13 bits per heavy atom. The molecule has 2 aromatic rings. The molecule has 120 valence electrons. The van der Waals surface area contributed by atoms with Gasteiger partial charge in [0.05, 0.1) is 5.02 Å². The molecule has 2 aromatic carbocycles. The quantitative estimate of drug-likeness (QED) is 0.805. The summed E-state index contributed by atoms with van der Waals surface area (Å²) in [6.07, 6.45) is 0.409. The minimum Gasteiger partial charge on any atom is -0.484 e. The standard InChI is InChI=1S/C18H18ClNO3/c1-3-18(22)20-14-7-5-13(6-8-14)16(21)11-23-17-10-12(2)4-9-15(17)19/h4-10H,3,11H2,1-2H3,(H,20,22). The molecule has 0 bridgehead atoms. The van der Waals surface area contributed by atoms with E-state index in [4.69, 9.17) is 16.3 Å². The summed E-state index contributed by atoms with van der Waals surface area (Å²) in [5.41, 5.74) is 2.19. The number of Topliss-reactive ketones (excluding diaryl/α,β-unsaturated/α-hetero) is 1. The molecular formula is C18H18ClNO3. The SMILES string of the molecule is CCC(=O)Nc1ccc(C(=O)COc2cc(C)ccc2Cl)cc1. The van der Waals surface area contributed by atoms with Crippen LogP contribution in [0.3, 0.4) is 0 Å². The van der Waals surface area contributed by atoms with Gasteiger partial charge in [0.2, 0.25) is 5.91 Å². The first kappa shape index (κ1) is 17.0. The van der Waals surface area contributed by atoms with Gasteiger partial charge in [-0.15, -0.1) is 0 Å². The zero-order chi connectivity index (χ0) is 16.8. The second-order valence-corrected chi connectivity index (χ2v) is 5.53. The molecule has 0 aliphatic rings. The molecule has 2 rings (SSSR count). The zero-order valence-corrected chi connectivity index (χ0v) is 13.8. The number of benzene rings is 2. The molecule has 4 nitrogen and oxygen atoms in total. The fourth-order valence-corrected chi connectivity index (χ4v) is 2.11. The van der Waals surface area contributed by atoms with Gasteiger partial charge in [-0.1, -0.05) is 24.6 Å². The van der Waals surface area contributed by atoms with Crippen LogP contribution in [0.1, 0.15) is 29.3 Å². The van der Waals surface area contributed by atoms with E-state index in [0.29, 0.717) is 28.4 Å². The van der Waals surface area contributed by atoms with E-state index < -0.39 is 0 Å². The van der Waals surface area contributed by atoms with Crippen molar-refractivity contribution in [2.75, 3.05) is 11.9 Å². The highest BCUT2D eigenvalue weighted by atomic mass is 35.5. The fourth-order valence-electron chi connectivity index (χ4n) is 1.94. The second kappa shape index (κ2) is 7.79. The maximum Gasteiger partial charge on any atom is 0.224 e. The molecule has 5 heteroatoms. The Morgan fingerprint density at radius 3 is 2.48 bits per heavy atom. The monoisotopic (exact) mass is 331 g/mol. The molecule has 0 radical (unpaired) electrons. The molecule has 0 heterocycles. The maximum absolute atomic E-state index is 12.1. The van der Waals surface area contributed by atoms with Crippen molar-refractivity contribution in [1.82, 2.24) is 0 Å². The largest absolute Gasteiger partial charge is 0.484 e. The second-order valence-electron chi connectivity index (χ2n) is 5.12. The molecule has 0 spiro atoms. The Bertz CT molecular complexity index is 711. The minimum atomic E-state index is -0.157. The van der Waals surface area contributed by atoms with Crippen LogP contribution in [-0.2, 0) is 4.79 Å². The molecule has 0 saturated carbocycles. The molecule has 0 aromatic heterocycles. The number of carbonyl (C=O) groups is 2. The lowest BCUT2D eigenvalue weighted by atomic mass is 10.1. The van der Waals surface area contributed by atoms with Gasteiger partial charge in [-0.05, 0) is 48.9 Å². The smallest absolute Gasteiger partial charge is 0.224 e. The number of hydrogen-bond donors (Lipinski definition) is 1. The van der Waals surface area contributed by atoms with Crippen LogP contribution in [0.15, 0.2) is 42.5 Å². The third-order valence-corrected chi connectivity index (χ3v) is 3.57. The van der Waals surface area contributed by atoms with E-state index in [0.717, 1.165) is 5.56 Å². The van der Waals surface area contributed by atoms with Gasteiger partial charge in [-0.25, -0.2) is 0 Å². The third-order valence-electron chi connectivity index (χ3n) is 3.26. The summed E-state index contributed by atoms with van der Waals surface area (Å²) in [4.78, 5) is 23.5. The number of rotatable bonds is 6. The van der Waals surface area contributed by atoms with E-state index in [1.807, 2.05) is 13.0 Å². The summed E-state index contributed by atoms with van der Waals surface area (Å²) < 4.78 is 5.49. The van der Waals surface area contributed by atoms with Gasteiger partial charge in [-0.2, -0.15) is 0 Å². The van der Waals surface area contributed by atoms with E-state index in [1.54, 1.807) is 43.3 Å². The minimum absolute atomic E-state index is 0.0681. The Morgan fingerprint density at radius 2 is 1.83 bits per heavy atom. The summed E-state index contributed by atoms with van der Waals surface area (Å²) >= 11 is 6.03. The van der Waals surface area contributed by atoms with Crippen molar-refractivity contribution >= 4 is 29.0 Å². The Balaban J connectivity index is 1.98. The number of anilines is 1. The van der Waals surface area contributed by atoms with Crippen LogP contribution >= 0.6 is 11.6 Å². The average Bonchev–Trinajstić information content (AvgIpc) is 2.56. The number of ketones is 1. The Labute approximate surface area is 140 Å². The van der Waals surface area contributed by atoms with Crippen LogP contribution < -0.4 is 10.1 Å². The van der Waals surface area contributed by atoms with Crippen molar-refractivity contribution in [3.05, 3.63) is 58.6 Å². The summed E-state index contributed by atoms with van der Waals surface area (Å²) in [6, 6.07) is 12.1. The number of halogens is 1. The van der Waals surface area contributed by atoms with Gasteiger partial charge < -0.3 is 10.1 Å². The molecule has 0 aliphatic heterocycles. The molecule has 0 atom stereocenters. The fraction of sp³-hybridized carbons (Fsp3) is 0.222.